The number of hydrogen-bond donors (Lipinski definition) is 1. The molecule has 3 heteroatoms. The lowest BCUT2D eigenvalue weighted by Crippen LogP contribution is -2.40. The Morgan fingerprint density at radius 1 is 1.31 bits per heavy atom. The normalized spacial score (nSPS) is 15.8. The van der Waals surface area contributed by atoms with Gasteiger partial charge in [-0.1, -0.05) is 20.8 Å². The van der Waals surface area contributed by atoms with E-state index in [0.717, 1.165) is 13.1 Å². The van der Waals surface area contributed by atoms with E-state index in [-0.39, 0.29) is 0 Å². The molecule has 78 valence electrons. The highest BCUT2D eigenvalue weighted by Gasteiger charge is 2.32. The summed E-state index contributed by atoms with van der Waals surface area (Å²) in [4.78, 5) is 13.1. The van der Waals surface area contributed by atoms with Gasteiger partial charge in [-0.3, -0.25) is 4.79 Å². The molecule has 13 heavy (non-hydrogen) atoms. The molecule has 0 aliphatic heterocycles. The van der Waals surface area contributed by atoms with Gasteiger partial charge in [0.1, 0.15) is 0 Å². The van der Waals surface area contributed by atoms with Gasteiger partial charge in [0.15, 0.2) is 0 Å². The van der Waals surface area contributed by atoms with Crippen molar-refractivity contribution in [3.8, 4) is 0 Å². The molecule has 0 amide bonds. The highest BCUT2D eigenvalue weighted by atomic mass is 16.4. The molecule has 0 aliphatic rings. The Bertz CT molecular complexity index is 166. The average Bonchev–Trinajstić information content (AvgIpc) is 2.13. The molecule has 0 radical (unpaired) electrons. The number of hydrogen-bond acceptors (Lipinski definition) is 2. The third-order valence-corrected chi connectivity index (χ3v) is 2.76. The molecular weight excluding hydrogens is 166 g/mol. The Morgan fingerprint density at radius 2 is 1.77 bits per heavy atom. The number of carbonyl (C=O) groups is 1. The highest BCUT2D eigenvalue weighted by molar-refractivity contribution is 5.74. The molecule has 0 aromatic rings. The minimum Gasteiger partial charge on any atom is -0.481 e. The third kappa shape index (κ3) is 3.35. The van der Waals surface area contributed by atoms with Gasteiger partial charge < -0.3 is 10.0 Å². The zero-order chi connectivity index (χ0) is 10.5. The standard InChI is InChI=1S/C10H21NO2/c1-5-10(4,9(12)13)8-11(6-2)7-3/h5-8H2,1-4H3,(H,12,13). The fraction of sp³-hybridized carbons (Fsp3) is 0.900. The minimum absolute atomic E-state index is 0.591. The number of carboxylic acids is 1. The molecule has 0 saturated heterocycles. The van der Waals surface area contributed by atoms with Crippen molar-refractivity contribution in [1.29, 1.82) is 0 Å². The SMILES string of the molecule is CCN(CC)CC(C)(CC)C(=O)O. The fourth-order valence-electron chi connectivity index (χ4n) is 1.27. The van der Waals surface area contributed by atoms with Crippen LogP contribution in [0.4, 0.5) is 0 Å². The Balaban J connectivity index is 4.33. The lowest BCUT2D eigenvalue weighted by Gasteiger charge is -2.30. The van der Waals surface area contributed by atoms with Crippen LogP contribution in [0.1, 0.15) is 34.1 Å². The second-order valence-corrected chi connectivity index (χ2v) is 3.68. The van der Waals surface area contributed by atoms with Crippen molar-refractivity contribution < 1.29 is 9.90 Å². The Kier molecular flexibility index (Phi) is 4.99. The molecule has 0 heterocycles. The Morgan fingerprint density at radius 3 is 2.00 bits per heavy atom. The topological polar surface area (TPSA) is 40.5 Å². The largest absolute Gasteiger partial charge is 0.481 e. The number of nitrogens with zero attached hydrogens (tertiary/aromatic N) is 1. The molecule has 0 spiro atoms. The van der Waals surface area contributed by atoms with E-state index in [9.17, 15) is 4.79 Å². The zero-order valence-electron chi connectivity index (χ0n) is 9.13. The van der Waals surface area contributed by atoms with Crippen molar-refractivity contribution in [3.63, 3.8) is 0 Å². The predicted molar refractivity (Wildman–Crippen MR) is 53.8 cm³/mol. The number of carboxylic acid groups (broad SMARTS) is 1. The molecule has 0 aromatic carbocycles. The van der Waals surface area contributed by atoms with E-state index in [0.29, 0.717) is 13.0 Å². The molecule has 0 fully saturated rings. The molecule has 1 atom stereocenters. The molecule has 0 saturated carbocycles. The minimum atomic E-state index is -0.693. The molecule has 1 unspecified atom stereocenters. The van der Waals surface area contributed by atoms with Gasteiger partial charge in [-0.05, 0) is 26.4 Å². The first-order chi connectivity index (χ1) is 6.00. The Hall–Kier alpha value is -0.570. The summed E-state index contributed by atoms with van der Waals surface area (Å²) in [5.74, 6) is -0.693. The van der Waals surface area contributed by atoms with Crippen LogP contribution in [-0.4, -0.2) is 35.6 Å². The molecule has 0 aromatic heterocycles. The molecule has 0 bridgehead atoms. The van der Waals surface area contributed by atoms with Crippen molar-refractivity contribution in [2.75, 3.05) is 19.6 Å². The lowest BCUT2D eigenvalue weighted by molar-refractivity contribution is -0.149. The highest BCUT2D eigenvalue weighted by Crippen LogP contribution is 2.22. The fourth-order valence-corrected chi connectivity index (χ4v) is 1.27. The Labute approximate surface area is 80.7 Å². The number of rotatable bonds is 6. The van der Waals surface area contributed by atoms with E-state index in [1.807, 2.05) is 13.8 Å². The van der Waals surface area contributed by atoms with Gasteiger partial charge in [0.05, 0.1) is 5.41 Å². The van der Waals surface area contributed by atoms with Crippen molar-refractivity contribution >= 4 is 5.97 Å². The van der Waals surface area contributed by atoms with Gasteiger partial charge in [0.25, 0.3) is 0 Å². The van der Waals surface area contributed by atoms with Gasteiger partial charge in [-0.2, -0.15) is 0 Å². The predicted octanol–water partition coefficient (Wildman–Crippen LogP) is 1.83. The van der Waals surface area contributed by atoms with E-state index in [1.165, 1.54) is 0 Å². The van der Waals surface area contributed by atoms with Crippen LogP contribution in [0.2, 0.25) is 0 Å². The summed E-state index contributed by atoms with van der Waals surface area (Å²) in [6.07, 6.45) is 0.679. The maximum atomic E-state index is 11.0. The quantitative estimate of drug-likeness (QED) is 0.689. The van der Waals surface area contributed by atoms with Crippen LogP contribution in [0.3, 0.4) is 0 Å². The van der Waals surface area contributed by atoms with Gasteiger partial charge in [0.2, 0.25) is 0 Å². The van der Waals surface area contributed by atoms with Gasteiger partial charge in [0, 0.05) is 6.54 Å². The van der Waals surface area contributed by atoms with Gasteiger partial charge in [-0.25, -0.2) is 0 Å². The molecule has 3 nitrogen and oxygen atoms in total. The maximum Gasteiger partial charge on any atom is 0.310 e. The second kappa shape index (κ2) is 5.22. The summed E-state index contributed by atoms with van der Waals surface area (Å²) >= 11 is 0. The summed E-state index contributed by atoms with van der Waals surface area (Å²) in [5.41, 5.74) is -0.591. The molecular formula is C10H21NO2. The van der Waals surface area contributed by atoms with Gasteiger partial charge >= 0.3 is 5.97 Å². The van der Waals surface area contributed by atoms with Crippen LogP contribution in [0.15, 0.2) is 0 Å². The van der Waals surface area contributed by atoms with Crippen molar-refractivity contribution in [2.45, 2.75) is 34.1 Å². The van der Waals surface area contributed by atoms with Crippen LogP contribution in [-0.2, 0) is 4.79 Å². The van der Waals surface area contributed by atoms with E-state index < -0.39 is 11.4 Å². The van der Waals surface area contributed by atoms with Gasteiger partial charge in [-0.15, -0.1) is 0 Å². The maximum absolute atomic E-state index is 11.0. The summed E-state index contributed by atoms with van der Waals surface area (Å²) < 4.78 is 0. The lowest BCUT2D eigenvalue weighted by atomic mass is 9.87. The van der Waals surface area contributed by atoms with E-state index in [4.69, 9.17) is 5.11 Å². The van der Waals surface area contributed by atoms with Crippen molar-refractivity contribution in [2.24, 2.45) is 5.41 Å². The second-order valence-electron chi connectivity index (χ2n) is 3.68. The van der Waals surface area contributed by atoms with Crippen LogP contribution < -0.4 is 0 Å². The molecule has 1 N–H and O–H groups in total. The molecule has 0 aliphatic carbocycles. The first-order valence-corrected chi connectivity index (χ1v) is 4.95. The van der Waals surface area contributed by atoms with Crippen LogP contribution in [0.25, 0.3) is 0 Å². The van der Waals surface area contributed by atoms with Crippen molar-refractivity contribution in [3.05, 3.63) is 0 Å². The number of aliphatic carboxylic acids is 1. The summed E-state index contributed by atoms with van der Waals surface area (Å²) in [6, 6.07) is 0. The monoisotopic (exact) mass is 187 g/mol. The van der Waals surface area contributed by atoms with Crippen LogP contribution in [0.5, 0.6) is 0 Å². The first-order valence-electron chi connectivity index (χ1n) is 4.95. The first kappa shape index (κ1) is 12.4. The van der Waals surface area contributed by atoms with Crippen LogP contribution >= 0.6 is 0 Å². The average molecular weight is 187 g/mol. The van der Waals surface area contributed by atoms with E-state index >= 15 is 0 Å². The summed E-state index contributed by atoms with van der Waals surface area (Å²) in [5, 5.41) is 9.05. The van der Waals surface area contributed by atoms with E-state index in [2.05, 4.69) is 18.7 Å². The van der Waals surface area contributed by atoms with E-state index in [1.54, 1.807) is 0 Å². The van der Waals surface area contributed by atoms with Crippen LogP contribution in [0, 0.1) is 5.41 Å². The smallest absolute Gasteiger partial charge is 0.310 e. The summed E-state index contributed by atoms with van der Waals surface area (Å²) in [7, 11) is 0. The van der Waals surface area contributed by atoms with Crippen molar-refractivity contribution in [1.82, 2.24) is 4.90 Å². The zero-order valence-corrected chi connectivity index (χ0v) is 9.13. The third-order valence-electron chi connectivity index (χ3n) is 2.76. The summed E-state index contributed by atoms with van der Waals surface area (Å²) in [6.45, 7) is 10.3. The molecule has 0 rings (SSSR count).